The van der Waals surface area contributed by atoms with Crippen LogP contribution in [0.5, 0.6) is 0 Å². The summed E-state index contributed by atoms with van der Waals surface area (Å²) in [5, 5.41) is 0.930. The number of hydrogen-bond donors (Lipinski definition) is 0. The molecule has 0 unspecified atom stereocenters. The van der Waals surface area contributed by atoms with Crippen LogP contribution >= 0.6 is 11.3 Å². The van der Waals surface area contributed by atoms with Gasteiger partial charge in [-0.3, -0.25) is 0 Å². The number of carbonyl (C=O) groups excluding carboxylic acids is 1. The van der Waals surface area contributed by atoms with Gasteiger partial charge in [0.2, 0.25) is 6.08 Å². The Morgan fingerprint density at radius 1 is 1.11 bits per heavy atom. The predicted molar refractivity (Wildman–Crippen MR) is 72.8 cm³/mol. The molecule has 0 atom stereocenters. The minimum atomic E-state index is 0.599. The zero-order valence-corrected chi connectivity index (χ0v) is 10.1. The highest BCUT2D eigenvalue weighted by Crippen LogP contribution is 2.31. The van der Waals surface area contributed by atoms with E-state index < -0.39 is 0 Å². The van der Waals surface area contributed by atoms with Gasteiger partial charge in [-0.1, -0.05) is 24.3 Å². The highest BCUT2D eigenvalue weighted by atomic mass is 32.1. The van der Waals surface area contributed by atoms with Gasteiger partial charge < -0.3 is 0 Å². The highest BCUT2D eigenvalue weighted by molar-refractivity contribution is 7.21. The van der Waals surface area contributed by atoms with E-state index >= 15 is 0 Å². The molecule has 2 aromatic carbocycles. The first kappa shape index (κ1) is 10.8. The molecule has 3 aromatic rings. The molecule has 0 fully saturated rings. The lowest BCUT2D eigenvalue weighted by molar-refractivity contribution is 0.565. The van der Waals surface area contributed by atoms with Crippen LogP contribution in [0.3, 0.4) is 0 Å². The van der Waals surface area contributed by atoms with Crippen molar-refractivity contribution in [3.8, 4) is 10.6 Å². The van der Waals surface area contributed by atoms with Gasteiger partial charge in [-0.25, -0.2) is 9.78 Å². The number of nitrogens with zero attached hydrogens (tertiary/aromatic N) is 2. The zero-order valence-electron chi connectivity index (χ0n) is 9.33. The summed E-state index contributed by atoms with van der Waals surface area (Å²) in [6.45, 7) is 0. The van der Waals surface area contributed by atoms with Gasteiger partial charge in [0, 0.05) is 5.56 Å². The largest absolute Gasteiger partial charge is 0.240 e. The molecular formula is C14H8N2OS. The van der Waals surface area contributed by atoms with Crippen LogP contribution in [-0.2, 0) is 4.79 Å². The summed E-state index contributed by atoms with van der Waals surface area (Å²) >= 11 is 1.63. The molecule has 0 saturated heterocycles. The van der Waals surface area contributed by atoms with Crippen molar-refractivity contribution in [3.05, 3.63) is 48.5 Å². The molecule has 0 spiro atoms. The number of aromatic nitrogens is 1. The SMILES string of the molecule is O=C=Nc1cccc(-c2nc3ccccc3s2)c1. The molecule has 0 amide bonds. The van der Waals surface area contributed by atoms with E-state index in [1.165, 1.54) is 0 Å². The number of para-hydroxylation sites is 1. The van der Waals surface area contributed by atoms with Crippen molar-refractivity contribution < 1.29 is 4.79 Å². The maximum atomic E-state index is 10.3. The molecular weight excluding hydrogens is 244 g/mol. The van der Waals surface area contributed by atoms with E-state index in [9.17, 15) is 4.79 Å². The van der Waals surface area contributed by atoms with Crippen molar-refractivity contribution in [3.63, 3.8) is 0 Å². The number of isocyanates is 1. The Morgan fingerprint density at radius 3 is 2.83 bits per heavy atom. The molecule has 0 saturated carbocycles. The van der Waals surface area contributed by atoms with Crippen LogP contribution in [0.4, 0.5) is 5.69 Å². The van der Waals surface area contributed by atoms with Gasteiger partial charge in [-0.15, -0.1) is 11.3 Å². The Labute approximate surface area is 107 Å². The van der Waals surface area contributed by atoms with Crippen LogP contribution in [0, 0.1) is 0 Å². The Morgan fingerprint density at radius 2 is 2.00 bits per heavy atom. The van der Waals surface area contributed by atoms with Gasteiger partial charge in [-0.2, -0.15) is 4.99 Å². The quantitative estimate of drug-likeness (QED) is 0.512. The van der Waals surface area contributed by atoms with Crippen molar-refractivity contribution >= 4 is 33.3 Å². The van der Waals surface area contributed by atoms with Crippen LogP contribution in [0.1, 0.15) is 0 Å². The number of rotatable bonds is 2. The Bertz CT molecular complexity index is 724. The normalized spacial score (nSPS) is 10.2. The number of benzene rings is 2. The molecule has 0 bridgehead atoms. The molecule has 1 aromatic heterocycles. The standard InChI is InChI=1S/C14H8N2OS/c17-9-15-11-5-3-4-10(8-11)14-16-12-6-1-2-7-13(12)18-14/h1-8H. The Balaban J connectivity index is 2.13. The van der Waals surface area contributed by atoms with Crippen LogP contribution in [0.25, 0.3) is 20.8 Å². The van der Waals surface area contributed by atoms with Crippen molar-refractivity contribution in [2.75, 3.05) is 0 Å². The summed E-state index contributed by atoms with van der Waals surface area (Å²) in [5.41, 5.74) is 2.55. The fourth-order valence-electron chi connectivity index (χ4n) is 1.76. The summed E-state index contributed by atoms with van der Waals surface area (Å²) in [7, 11) is 0. The van der Waals surface area contributed by atoms with Gasteiger partial charge >= 0.3 is 0 Å². The number of hydrogen-bond acceptors (Lipinski definition) is 4. The van der Waals surface area contributed by atoms with E-state index in [2.05, 4.69) is 9.98 Å². The first-order valence-corrected chi connectivity index (χ1v) is 6.22. The molecule has 3 nitrogen and oxygen atoms in total. The molecule has 0 aliphatic carbocycles. The van der Waals surface area contributed by atoms with Gasteiger partial charge in [0.05, 0.1) is 15.9 Å². The van der Waals surface area contributed by atoms with E-state index in [-0.39, 0.29) is 0 Å². The summed E-state index contributed by atoms with van der Waals surface area (Å²) < 4.78 is 1.15. The lowest BCUT2D eigenvalue weighted by Crippen LogP contribution is -1.75. The maximum Gasteiger partial charge on any atom is 0.240 e. The monoisotopic (exact) mass is 252 g/mol. The highest BCUT2D eigenvalue weighted by Gasteiger charge is 2.05. The zero-order chi connectivity index (χ0) is 12.4. The van der Waals surface area contributed by atoms with Crippen LogP contribution in [-0.4, -0.2) is 11.1 Å². The van der Waals surface area contributed by atoms with Gasteiger partial charge in [0.25, 0.3) is 0 Å². The fourth-order valence-corrected chi connectivity index (χ4v) is 2.72. The van der Waals surface area contributed by atoms with Crippen molar-refractivity contribution in [1.82, 2.24) is 4.98 Å². The summed E-state index contributed by atoms with van der Waals surface area (Å²) in [6.07, 6.45) is 1.55. The number of thiazole rings is 1. The lowest BCUT2D eigenvalue weighted by Gasteiger charge is -1.96. The third-order valence-corrected chi connectivity index (χ3v) is 3.65. The minimum Gasteiger partial charge on any atom is -0.236 e. The van der Waals surface area contributed by atoms with E-state index in [4.69, 9.17) is 0 Å². The van der Waals surface area contributed by atoms with Crippen molar-refractivity contribution in [2.45, 2.75) is 0 Å². The van der Waals surface area contributed by atoms with Gasteiger partial charge in [0.1, 0.15) is 5.01 Å². The Hall–Kier alpha value is -2.29. The molecule has 0 N–H and O–H groups in total. The molecule has 0 aliphatic heterocycles. The fraction of sp³-hybridized carbons (Fsp3) is 0. The molecule has 0 radical (unpaired) electrons. The maximum absolute atomic E-state index is 10.3. The van der Waals surface area contributed by atoms with Crippen LogP contribution in [0.15, 0.2) is 53.5 Å². The minimum absolute atomic E-state index is 0.599. The first-order valence-electron chi connectivity index (χ1n) is 5.41. The average Bonchev–Trinajstić information content (AvgIpc) is 2.83. The molecule has 1 heterocycles. The van der Waals surface area contributed by atoms with E-state index in [1.807, 2.05) is 42.5 Å². The second kappa shape index (κ2) is 4.53. The van der Waals surface area contributed by atoms with E-state index in [1.54, 1.807) is 23.5 Å². The lowest BCUT2D eigenvalue weighted by atomic mass is 10.2. The van der Waals surface area contributed by atoms with E-state index in [0.29, 0.717) is 5.69 Å². The summed E-state index contributed by atoms with van der Waals surface area (Å²) in [5.74, 6) is 0. The summed E-state index contributed by atoms with van der Waals surface area (Å²) in [6, 6.07) is 15.4. The van der Waals surface area contributed by atoms with Gasteiger partial charge in [0.15, 0.2) is 0 Å². The van der Waals surface area contributed by atoms with Crippen molar-refractivity contribution in [2.24, 2.45) is 4.99 Å². The molecule has 3 rings (SSSR count). The van der Waals surface area contributed by atoms with Crippen LogP contribution < -0.4 is 0 Å². The third kappa shape index (κ3) is 1.95. The summed E-state index contributed by atoms with van der Waals surface area (Å²) in [4.78, 5) is 18.4. The number of aliphatic imine (C=N–C) groups is 1. The Kier molecular flexibility index (Phi) is 2.73. The predicted octanol–water partition coefficient (Wildman–Crippen LogP) is 3.93. The molecule has 0 aliphatic rings. The molecule has 18 heavy (non-hydrogen) atoms. The second-order valence-corrected chi connectivity index (χ2v) is 4.77. The second-order valence-electron chi connectivity index (χ2n) is 3.74. The third-order valence-electron chi connectivity index (χ3n) is 2.56. The van der Waals surface area contributed by atoms with E-state index in [0.717, 1.165) is 20.8 Å². The smallest absolute Gasteiger partial charge is 0.236 e. The first-order chi connectivity index (χ1) is 8.86. The van der Waals surface area contributed by atoms with Crippen molar-refractivity contribution in [1.29, 1.82) is 0 Å². The average molecular weight is 252 g/mol. The van der Waals surface area contributed by atoms with Gasteiger partial charge in [-0.05, 0) is 24.3 Å². The molecule has 4 heteroatoms. The topological polar surface area (TPSA) is 42.3 Å². The van der Waals surface area contributed by atoms with Crippen LogP contribution in [0.2, 0.25) is 0 Å². The molecule has 86 valence electrons. The number of fused-ring (bicyclic) bond motifs is 1.